The molecule has 0 saturated heterocycles. The molecule has 23 heavy (non-hydrogen) atoms. The van der Waals surface area contributed by atoms with Gasteiger partial charge in [-0.25, -0.2) is 13.2 Å². The number of halogens is 3. The molecule has 0 N–H and O–H groups in total. The van der Waals surface area contributed by atoms with Gasteiger partial charge in [0.15, 0.2) is 0 Å². The topological polar surface area (TPSA) is 63.7 Å². The van der Waals surface area contributed by atoms with Gasteiger partial charge < -0.3 is 4.74 Å². The van der Waals surface area contributed by atoms with Crippen LogP contribution in [0.25, 0.3) is 0 Å². The third-order valence-electron chi connectivity index (χ3n) is 3.04. The number of nitrogens with zero attached hydrogens (tertiary/aromatic N) is 1. The first-order valence-electron chi connectivity index (χ1n) is 6.95. The zero-order valence-corrected chi connectivity index (χ0v) is 15.1. The number of para-hydroxylation sites is 1. The van der Waals surface area contributed by atoms with E-state index in [1.54, 1.807) is 6.07 Å². The molecular weight excluding hydrogens is 368 g/mol. The van der Waals surface area contributed by atoms with E-state index in [-0.39, 0.29) is 34.5 Å². The van der Waals surface area contributed by atoms with E-state index in [1.807, 2.05) is 0 Å². The second-order valence-electron chi connectivity index (χ2n) is 4.65. The predicted octanol–water partition coefficient (Wildman–Crippen LogP) is 3.44. The normalized spacial score (nSPS) is 12.7. The molecule has 0 saturated carbocycles. The van der Waals surface area contributed by atoms with Crippen LogP contribution in [0.5, 0.6) is 0 Å². The van der Waals surface area contributed by atoms with Gasteiger partial charge in [0.1, 0.15) is 6.04 Å². The molecule has 0 radical (unpaired) electrons. The van der Waals surface area contributed by atoms with Gasteiger partial charge >= 0.3 is 5.97 Å². The molecule has 0 aliphatic carbocycles. The average Bonchev–Trinajstić information content (AvgIpc) is 2.50. The van der Waals surface area contributed by atoms with E-state index >= 15 is 0 Å². The minimum absolute atomic E-state index is 0.0209. The lowest BCUT2D eigenvalue weighted by Crippen LogP contribution is -2.45. The van der Waals surface area contributed by atoms with Crippen LogP contribution in [0.2, 0.25) is 10.0 Å². The lowest BCUT2D eigenvalue weighted by Gasteiger charge is -2.30. The van der Waals surface area contributed by atoms with Crippen molar-refractivity contribution in [2.45, 2.75) is 26.3 Å². The number of rotatable bonds is 8. The molecule has 9 heteroatoms. The average molecular weight is 386 g/mol. The van der Waals surface area contributed by atoms with Gasteiger partial charge in [-0.3, -0.25) is 8.70 Å². The number of ether oxygens (including phenoxy) is 1. The van der Waals surface area contributed by atoms with Gasteiger partial charge in [0, 0.05) is 6.42 Å². The van der Waals surface area contributed by atoms with Crippen LogP contribution < -0.4 is 4.31 Å². The van der Waals surface area contributed by atoms with E-state index in [2.05, 4.69) is 0 Å². The Morgan fingerprint density at radius 3 is 2.39 bits per heavy atom. The molecule has 0 bridgehead atoms. The van der Waals surface area contributed by atoms with Gasteiger partial charge in [-0.15, -0.1) is 0 Å². The molecule has 5 nitrogen and oxygen atoms in total. The van der Waals surface area contributed by atoms with Crippen molar-refractivity contribution in [3.63, 3.8) is 0 Å². The Morgan fingerprint density at radius 2 is 1.91 bits per heavy atom. The van der Waals surface area contributed by atoms with Gasteiger partial charge in [0.25, 0.3) is 0 Å². The highest BCUT2D eigenvalue weighted by atomic mass is 35.5. The highest BCUT2D eigenvalue weighted by Crippen LogP contribution is 2.36. The Kier molecular flexibility index (Phi) is 7.57. The number of carbonyl (C=O) groups is 1. The van der Waals surface area contributed by atoms with Crippen molar-refractivity contribution in [1.82, 2.24) is 0 Å². The number of hydrogen-bond donors (Lipinski definition) is 0. The van der Waals surface area contributed by atoms with Crippen molar-refractivity contribution in [2.75, 3.05) is 23.3 Å². The minimum atomic E-state index is -3.84. The molecule has 1 aromatic rings. The van der Waals surface area contributed by atoms with Gasteiger partial charge in [-0.2, -0.15) is 0 Å². The van der Waals surface area contributed by atoms with Crippen LogP contribution in [-0.2, 0) is 19.6 Å². The number of sulfonamides is 1. The lowest BCUT2D eigenvalue weighted by molar-refractivity contribution is -0.144. The number of hydrogen-bond acceptors (Lipinski definition) is 4. The van der Waals surface area contributed by atoms with Gasteiger partial charge in [-0.1, -0.05) is 29.3 Å². The quantitative estimate of drug-likeness (QED) is 0.507. The summed E-state index contributed by atoms with van der Waals surface area (Å²) in [6, 6.07) is 3.33. The highest BCUT2D eigenvalue weighted by molar-refractivity contribution is 7.92. The monoisotopic (exact) mass is 385 g/mol. The zero-order chi connectivity index (χ0) is 17.6. The third kappa shape index (κ3) is 4.96. The number of alkyl halides is 1. The number of carbonyl (C=O) groups excluding carboxylic acids is 1. The summed E-state index contributed by atoms with van der Waals surface area (Å²) in [6.07, 6.45) is 0.0475. The molecule has 0 amide bonds. The Labute approximate surface area is 145 Å². The molecule has 0 aliphatic rings. The molecule has 130 valence electrons. The fraction of sp³-hybridized carbons (Fsp3) is 0.500. The van der Waals surface area contributed by atoms with E-state index in [0.717, 1.165) is 4.31 Å². The van der Waals surface area contributed by atoms with E-state index in [4.69, 9.17) is 27.9 Å². The van der Waals surface area contributed by atoms with Crippen molar-refractivity contribution in [3.8, 4) is 0 Å². The van der Waals surface area contributed by atoms with E-state index < -0.39 is 28.7 Å². The molecule has 1 unspecified atom stereocenters. The highest BCUT2D eigenvalue weighted by Gasteiger charge is 2.34. The van der Waals surface area contributed by atoms with Gasteiger partial charge in [-0.05, 0) is 26.0 Å². The first-order chi connectivity index (χ1) is 10.8. The van der Waals surface area contributed by atoms with Crippen LogP contribution in [-0.4, -0.2) is 39.5 Å². The molecule has 0 heterocycles. The SMILES string of the molecule is CCS(=O)(=O)N(c1c(Cl)cccc1Cl)C(C)C(=O)OCCCF. The molecule has 1 aromatic carbocycles. The van der Waals surface area contributed by atoms with E-state index in [0.29, 0.717) is 0 Å². The molecule has 0 spiro atoms. The summed E-state index contributed by atoms with van der Waals surface area (Å²) in [7, 11) is -3.84. The second kappa shape index (κ2) is 8.70. The maximum absolute atomic E-state index is 12.4. The van der Waals surface area contributed by atoms with Crippen LogP contribution in [0.3, 0.4) is 0 Å². The van der Waals surface area contributed by atoms with Crippen LogP contribution >= 0.6 is 23.2 Å². The maximum atomic E-state index is 12.4. The zero-order valence-electron chi connectivity index (χ0n) is 12.8. The lowest BCUT2D eigenvalue weighted by atomic mass is 10.2. The summed E-state index contributed by atoms with van der Waals surface area (Å²) < 4.78 is 42.7. The number of esters is 1. The number of anilines is 1. The second-order valence-corrected chi connectivity index (χ2v) is 7.60. The molecule has 0 aliphatic heterocycles. The van der Waals surface area contributed by atoms with Crippen LogP contribution in [0.1, 0.15) is 20.3 Å². The largest absolute Gasteiger partial charge is 0.464 e. The molecular formula is C14H18Cl2FNO4S. The van der Waals surface area contributed by atoms with Crippen molar-refractivity contribution < 1.29 is 22.3 Å². The van der Waals surface area contributed by atoms with Crippen LogP contribution in [0.15, 0.2) is 18.2 Å². The standard InChI is InChI=1S/C14H18Cl2FNO4S/c1-3-23(20,21)18(10(2)14(19)22-9-5-8-17)13-11(15)6-4-7-12(13)16/h4,6-7,10H,3,5,8-9H2,1-2H3. The minimum Gasteiger partial charge on any atom is -0.464 e. The summed E-state index contributed by atoms with van der Waals surface area (Å²) in [5, 5.41) is 0.191. The maximum Gasteiger partial charge on any atom is 0.329 e. The fourth-order valence-corrected chi connectivity index (χ4v) is 3.86. The summed E-state index contributed by atoms with van der Waals surface area (Å²) in [5.41, 5.74) is 0.0209. The third-order valence-corrected chi connectivity index (χ3v) is 5.48. The summed E-state index contributed by atoms with van der Waals surface area (Å²) >= 11 is 12.1. The molecule has 1 rings (SSSR count). The Morgan fingerprint density at radius 1 is 1.35 bits per heavy atom. The van der Waals surface area contributed by atoms with Crippen molar-refractivity contribution in [3.05, 3.63) is 28.2 Å². The summed E-state index contributed by atoms with van der Waals surface area (Å²) in [4.78, 5) is 12.1. The smallest absolute Gasteiger partial charge is 0.329 e. The first kappa shape index (κ1) is 20.0. The Bertz CT molecular complexity index is 634. The Hall–Kier alpha value is -1.05. The van der Waals surface area contributed by atoms with Gasteiger partial charge in [0.05, 0.1) is 34.8 Å². The molecule has 1 atom stereocenters. The van der Waals surface area contributed by atoms with Crippen molar-refractivity contribution in [1.29, 1.82) is 0 Å². The van der Waals surface area contributed by atoms with E-state index in [9.17, 15) is 17.6 Å². The van der Waals surface area contributed by atoms with Crippen molar-refractivity contribution in [2.24, 2.45) is 0 Å². The summed E-state index contributed by atoms with van der Waals surface area (Å²) in [6.45, 7) is 2.05. The van der Waals surface area contributed by atoms with Gasteiger partial charge in [0.2, 0.25) is 10.0 Å². The summed E-state index contributed by atoms with van der Waals surface area (Å²) in [5.74, 6) is -1.05. The number of benzene rings is 1. The Balaban J connectivity index is 3.25. The van der Waals surface area contributed by atoms with Crippen LogP contribution in [0.4, 0.5) is 10.1 Å². The fourth-order valence-electron chi connectivity index (χ4n) is 1.86. The molecule has 0 fully saturated rings. The first-order valence-corrected chi connectivity index (χ1v) is 9.31. The van der Waals surface area contributed by atoms with Crippen molar-refractivity contribution >= 4 is 44.9 Å². The predicted molar refractivity (Wildman–Crippen MR) is 89.4 cm³/mol. The van der Waals surface area contributed by atoms with Crippen LogP contribution in [0, 0.1) is 0 Å². The van der Waals surface area contributed by atoms with E-state index in [1.165, 1.54) is 26.0 Å². The molecule has 0 aromatic heterocycles.